The molecule has 19 heavy (non-hydrogen) atoms. The number of nitrogens with zero attached hydrogens (tertiary/aromatic N) is 3. The number of hydrogen-bond acceptors (Lipinski definition) is 3. The minimum Gasteiger partial charge on any atom is -0.310 e. The molecular formula is C13H14BrClN4. The predicted octanol–water partition coefficient (Wildman–Crippen LogP) is 3.15. The summed E-state index contributed by atoms with van der Waals surface area (Å²) in [4.78, 5) is 0. The van der Waals surface area contributed by atoms with E-state index in [2.05, 4.69) is 37.6 Å². The molecule has 4 nitrogen and oxygen atoms in total. The number of aromatic nitrogens is 3. The highest BCUT2D eigenvalue weighted by atomic mass is 79.9. The molecule has 1 heterocycles. The Labute approximate surface area is 125 Å². The molecular weight excluding hydrogens is 328 g/mol. The van der Waals surface area contributed by atoms with Crippen molar-refractivity contribution in [1.29, 1.82) is 0 Å². The summed E-state index contributed by atoms with van der Waals surface area (Å²) in [5.41, 5.74) is 3.04. The van der Waals surface area contributed by atoms with E-state index < -0.39 is 0 Å². The van der Waals surface area contributed by atoms with Crippen molar-refractivity contribution in [1.82, 2.24) is 20.3 Å². The Morgan fingerprint density at radius 1 is 1.47 bits per heavy atom. The van der Waals surface area contributed by atoms with E-state index in [4.69, 9.17) is 11.6 Å². The summed E-state index contributed by atoms with van der Waals surface area (Å²) in [6.07, 6.45) is 2.58. The molecule has 0 saturated heterocycles. The summed E-state index contributed by atoms with van der Waals surface area (Å²) in [6, 6.07) is 6.83. The zero-order valence-electron chi connectivity index (χ0n) is 10.5. The van der Waals surface area contributed by atoms with Gasteiger partial charge < -0.3 is 5.32 Å². The van der Waals surface area contributed by atoms with Crippen molar-refractivity contribution >= 4 is 27.5 Å². The van der Waals surface area contributed by atoms with Crippen LogP contribution in [0, 0.1) is 0 Å². The molecule has 1 saturated carbocycles. The third kappa shape index (κ3) is 2.83. The van der Waals surface area contributed by atoms with Crippen LogP contribution < -0.4 is 5.32 Å². The Bertz CT molecular complexity index is 587. The monoisotopic (exact) mass is 340 g/mol. The standard InChI is InChI=1S/C13H14BrClN4/c1-19-12(13(14)17-18-19)10-5-2-8(6-11(10)15)7-16-9-3-4-9/h2,5-6,9,16H,3-4,7H2,1H3. The Kier molecular flexibility index (Phi) is 3.60. The SMILES string of the molecule is Cn1nnc(Br)c1-c1ccc(CNC2CC2)cc1Cl. The molecule has 0 spiro atoms. The van der Waals surface area contributed by atoms with E-state index in [0.717, 1.165) is 22.8 Å². The van der Waals surface area contributed by atoms with Crippen LogP contribution in [0.1, 0.15) is 18.4 Å². The molecule has 0 unspecified atom stereocenters. The number of hydrogen-bond donors (Lipinski definition) is 1. The minimum atomic E-state index is 0.703. The van der Waals surface area contributed by atoms with Gasteiger partial charge in [0.2, 0.25) is 0 Å². The van der Waals surface area contributed by atoms with Crippen LogP contribution in [-0.2, 0) is 13.6 Å². The average Bonchev–Trinajstić information content (AvgIpc) is 3.15. The van der Waals surface area contributed by atoms with Crippen molar-refractivity contribution in [3.05, 3.63) is 33.4 Å². The molecule has 0 radical (unpaired) electrons. The summed E-state index contributed by atoms with van der Waals surface area (Å²) < 4.78 is 2.42. The van der Waals surface area contributed by atoms with Crippen LogP contribution in [0.25, 0.3) is 11.3 Å². The van der Waals surface area contributed by atoms with Crippen LogP contribution in [0.3, 0.4) is 0 Å². The topological polar surface area (TPSA) is 42.7 Å². The number of halogens is 2. The molecule has 1 aromatic carbocycles. The number of rotatable bonds is 4. The van der Waals surface area contributed by atoms with Crippen molar-refractivity contribution < 1.29 is 0 Å². The van der Waals surface area contributed by atoms with E-state index >= 15 is 0 Å². The van der Waals surface area contributed by atoms with Crippen LogP contribution in [0.5, 0.6) is 0 Å². The average molecular weight is 342 g/mol. The summed E-state index contributed by atoms with van der Waals surface area (Å²) in [7, 11) is 1.85. The largest absolute Gasteiger partial charge is 0.310 e. The molecule has 1 N–H and O–H groups in total. The Balaban J connectivity index is 1.86. The predicted molar refractivity (Wildman–Crippen MR) is 79.0 cm³/mol. The van der Waals surface area contributed by atoms with E-state index in [9.17, 15) is 0 Å². The van der Waals surface area contributed by atoms with Crippen molar-refractivity contribution in [3.63, 3.8) is 0 Å². The molecule has 0 atom stereocenters. The molecule has 1 fully saturated rings. The molecule has 1 aliphatic rings. The summed E-state index contributed by atoms with van der Waals surface area (Å²) >= 11 is 9.78. The van der Waals surface area contributed by atoms with Gasteiger partial charge in [0.05, 0.1) is 5.02 Å². The van der Waals surface area contributed by atoms with Gasteiger partial charge in [-0.3, -0.25) is 0 Å². The van der Waals surface area contributed by atoms with E-state index in [-0.39, 0.29) is 0 Å². The third-order valence-corrected chi connectivity index (χ3v) is 4.09. The zero-order valence-corrected chi connectivity index (χ0v) is 12.9. The molecule has 0 aliphatic heterocycles. The summed E-state index contributed by atoms with van der Waals surface area (Å²) in [5.74, 6) is 0. The lowest BCUT2D eigenvalue weighted by Gasteiger charge is -2.08. The van der Waals surface area contributed by atoms with Gasteiger partial charge in [0.25, 0.3) is 0 Å². The van der Waals surface area contributed by atoms with Gasteiger partial charge in [-0.25, -0.2) is 4.68 Å². The normalized spacial score (nSPS) is 14.9. The first kappa shape index (κ1) is 13.1. The second-order valence-corrected chi connectivity index (χ2v) is 5.98. The smallest absolute Gasteiger partial charge is 0.156 e. The molecule has 0 amide bonds. The summed E-state index contributed by atoms with van der Waals surface area (Å²) in [5, 5.41) is 12.2. The van der Waals surface area contributed by atoms with Gasteiger partial charge in [-0.2, -0.15) is 0 Å². The van der Waals surface area contributed by atoms with E-state index in [1.807, 2.05) is 19.2 Å². The van der Waals surface area contributed by atoms with Gasteiger partial charge >= 0.3 is 0 Å². The molecule has 0 bridgehead atoms. The van der Waals surface area contributed by atoms with Gasteiger partial charge in [0.15, 0.2) is 4.60 Å². The molecule has 6 heteroatoms. The lowest BCUT2D eigenvalue weighted by Crippen LogP contribution is -2.15. The molecule has 2 aromatic rings. The second kappa shape index (κ2) is 5.23. The van der Waals surface area contributed by atoms with Crippen molar-refractivity contribution in [2.75, 3.05) is 0 Å². The van der Waals surface area contributed by atoms with Crippen LogP contribution in [0.15, 0.2) is 22.8 Å². The van der Waals surface area contributed by atoms with Crippen molar-refractivity contribution in [2.24, 2.45) is 7.05 Å². The van der Waals surface area contributed by atoms with E-state index in [1.54, 1.807) is 4.68 Å². The first-order chi connectivity index (χ1) is 9.15. The Morgan fingerprint density at radius 3 is 2.84 bits per heavy atom. The van der Waals surface area contributed by atoms with Gasteiger partial charge in [-0.15, -0.1) is 5.10 Å². The molecule has 3 rings (SSSR count). The third-order valence-electron chi connectivity index (χ3n) is 3.25. The first-order valence-corrected chi connectivity index (χ1v) is 7.39. The molecule has 100 valence electrons. The highest BCUT2D eigenvalue weighted by molar-refractivity contribution is 9.10. The Hall–Kier alpha value is -0.910. The van der Waals surface area contributed by atoms with E-state index in [0.29, 0.717) is 10.6 Å². The molecule has 1 aliphatic carbocycles. The highest BCUT2D eigenvalue weighted by Gasteiger charge is 2.20. The van der Waals surface area contributed by atoms with Crippen molar-refractivity contribution in [2.45, 2.75) is 25.4 Å². The fraction of sp³-hybridized carbons (Fsp3) is 0.385. The van der Waals surface area contributed by atoms with Crippen molar-refractivity contribution in [3.8, 4) is 11.3 Å². The van der Waals surface area contributed by atoms with E-state index in [1.165, 1.54) is 18.4 Å². The maximum Gasteiger partial charge on any atom is 0.156 e. The first-order valence-electron chi connectivity index (χ1n) is 6.22. The number of aryl methyl sites for hydroxylation is 1. The number of benzene rings is 1. The van der Waals surface area contributed by atoms with Gasteiger partial charge in [-0.05, 0) is 40.4 Å². The van der Waals surface area contributed by atoms with Crippen LogP contribution in [0.4, 0.5) is 0 Å². The molecule has 1 aromatic heterocycles. The lowest BCUT2D eigenvalue weighted by molar-refractivity contribution is 0.688. The quantitative estimate of drug-likeness (QED) is 0.929. The van der Waals surface area contributed by atoms with Crippen LogP contribution in [-0.4, -0.2) is 21.0 Å². The van der Waals surface area contributed by atoms with Gasteiger partial charge in [-0.1, -0.05) is 28.9 Å². The minimum absolute atomic E-state index is 0.703. The van der Waals surface area contributed by atoms with Gasteiger partial charge in [0.1, 0.15) is 5.69 Å². The fourth-order valence-electron chi connectivity index (χ4n) is 2.03. The number of nitrogens with one attached hydrogen (secondary N) is 1. The fourth-order valence-corrected chi connectivity index (χ4v) is 2.86. The lowest BCUT2D eigenvalue weighted by atomic mass is 10.1. The maximum absolute atomic E-state index is 6.38. The second-order valence-electron chi connectivity index (χ2n) is 4.82. The van der Waals surface area contributed by atoms with Crippen LogP contribution >= 0.6 is 27.5 Å². The maximum atomic E-state index is 6.38. The van der Waals surface area contributed by atoms with Gasteiger partial charge in [0, 0.05) is 25.2 Å². The zero-order chi connectivity index (χ0) is 13.4. The highest BCUT2D eigenvalue weighted by Crippen LogP contribution is 2.32. The Morgan fingerprint density at radius 2 is 2.26 bits per heavy atom. The van der Waals surface area contributed by atoms with Crippen LogP contribution in [0.2, 0.25) is 5.02 Å². The summed E-state index contributed by atoms with van der Waals surface area (Å²) in [6.45, 7) is 0.871.